The van der Waals surface area contributed by atoms with Gasteiger partial charge in [-0.1, -0.05) is 25.5 Å². The average molecular weight is 271 g/mol. The Morgan fingerprint density at radius 3 is 2.65 bits per heavy atom. The second kappa shape index (κ2) is 6.04. The third-order valence-electron chi connectivity index (χ3n) is 3.88. The lowest BCUT2D eigenvalue weighted by atomic mass is 9.90. The minimum absolute atomic E-state index is 0.0547. The number of nitrogens with one attached hydrogen (secondary N) is 1. The van der Waals surface area contributed by atoms with Crippen LogP contribution in [0.15, 0.2) is 29.1 Å². The predicted octanol–water partition coefficient (Wildman–Crippen LogP) is 3.38. The van der Waals surface area contributed by atoms with Crippen LogP contribution < -0.4 is 5.43 Å². The summed E-state index contributed by atoms with van der Waals surface area (Å²) in [5.74, 6) is 0.111. The Hall–Kier alpha value is -1.90. The number of para-hydroxylation sites is 1. The van der Waals surface area contributed by atoms with Crippen molar-refractivity contribution < 1.29 is 4.79 Å². The predicted molar refractivity (Wildman–Crippen MR) is 82.1 cm³/mol. The number of carbonyl (C=O) groups excluding carboxylic acids is 1. The Morgan fingerprint density at radius 1 is 1.30 bits per heavy atom. The zero-order chi connectivity index (χ0) is 14.7. The smallest absolute Gasteiger partial charge is 0.192 e. The first-order valence-electron chi connectivity index (χ1n) is 7.15. The third-order valence-corrected chi connectivity index (χ3v) is 3.88. The fourth-order valence-electron chi connectivity index (χ4n) is 2.69. The van der Waals surface area contributed by atoms with Crippen molar-refractivity contribution in [1.29, 1.82) is 0 Å². The molecule has 0 saturated heterocycles. The van der Waals surface area contributed by atoms with Gasteiger partial charge in [-0.05, 0) is 38.8 Å². The van der Waals surface area contributed by atoms with E-state index in [0.717, 1.165) is 29.6 Å². The Labute approximate surface area is 119 Å². The fraction of sp³-hybridized carbons (Fsp3) is 0.412. The Morgan fingerprint density at radius 2 is 2.00 bits per heavy atom. The molecule has 0 aliphatic rings. The van der Waals surface area contributed by atoms with E-state index in [1.54, 1.807) is 6.92 Å². The van der Waals surface area contributed by atoms with Crippen LogP contribution in [-0.4, -0.2) is 10.8 Å². The Bertz CT molecular complexity index is 685. The van der Waals surface area contributed by atoms with Gasteiger partial charge in [0.15, 0.2) is 5.43 Å². The number of hydrogen-bond acceptors (Lipinski definition) is 2. The van der Waals surface area contributed by atoms with Gasteiger partial charge in [0, 0.05) is 28.1 Å². The topological polar surface area (TPSA) is 49.9 Å². The molecule has 0 saturated carbocycles. The molecular weight excluding hydrogens is 250 g/mol. The quantitative estimate of drug-likeness (QED) is 0.906. The summed E-state index contributed by atoms with van der Waals surface area (Å²) in [6.45, 7) is 5.59. The highest BCUT2D eigenvalue weighted by Gasteiger charge is 2.18. The number of ketones is 1. The molecule has 0 radical (unpaired) electrons. The number of Topliss-reactive ketones (excluding diaryl/α,β-unsaturated/α-hetero) is 1. The first-order chi connectivity index (χ1) is 9.54. The van der Waals surface area contributed by atoms with Crippen molar-refractivity contribution in [3.63, 3.8) is 0 Å². The molecule has 0 aliphatic carbocycles. The average Bonchev–Trinajstić information content (AvgIpc) is 2.42. The number of pyridine rings is 1. The van der Waals surface area contributed by atoms with E-state index < -0.39 is 0 Å². The molecule has 0 bridgehead atoms. The molecule has 3 nitrogen and oxygen atoms in total. The zero-order valence-electron chi connectivity index (χ0n) is 12.3. The van der Waals surface area contributed by atoms with Crippen LogP contribution in [0.25, 0.3) is 10.9 Å². The summed E-state index contributed by atoms with van der Waals surface area (Å²) in [7, 11) is 0. The van der Waals surface area contributed by atoms with E-state index in [2.05, 4.69) is 11.9 Å². The zero-order valence-corrected chi connectivity index (χ0v) is 12.3. The number of aromatic nitrogens is 1. The van der Waals surface area contributed by atoms with E-state index >= 15 is 0 Å². The number of aromatic amines is 1. The molecule has 1 atom stereocenters. The molecule has 2 rings (SSSR count). The van der Waals surface area contributed by atoms with E-state index in [0.29, 0.717) is 11.8 Å². The van der Waals surface area contributed by atoms with Crippen LogP contribution in [0.5, 0.6) is 0 Å². The van der Waals surface area contributed by atoms with Gasteiger partial charge in [0.25, 0.3) is 0 Å². The molecule has 0 aliphatic heterocycles. The number of hydrogen-bond donors (Lipinski definition) is 1. The van der Waals surface area contributed by atoms with Gasteiger partial charge in [0.2, 0.25) is 0 Å². The summed E-state index contributed by atoms with van der Waals surface area (Å²) in [6, 6.07) is 7.51. The van der Waals surface area contributed by atoms with Gasteiger partial charge < -0.3 is 4.98 Å². The van der Waals surface area contributed by atoms with Crippen LogP contribution in [0.2, 0.25) is 0 Å². The van der Waals surface area contributed by atoms with Crippen LogP contribution in [-0.2, 0) is 11.2 Å². The van der Waals surface area contributed by atoms with Crippen LogP contribution in [0.4, 0.5) is 0 Å². The number of H-pyrrole nitrogens is 1. The van der Waals surface area contributed by atoms with Gasteiger partial charge in [-0.25, -0.2) is 0 Å². The minimum Gasteiger partial charge on any atom is -0.358 e. The van der Waals surface area contributed by atoms with Crippen molar-refractivity contribution in [2.24, 2.45) is 5.92 Å². The molecular formula is C17H21NO2. The molecule has 0 fully saturated rings. The SMILES string of the molecule is CCC[C@@H](Cc1c(C)[nH]c2ccccc2c1=O)C(C)=O. The van der Waals surface area contributed by atoms with E-state index in [1.807, 2.05) is 31.2 Å². The maximum absolute atomic E-state index is 12.6. The van der Waals surface area contributed by atoms with Crippen LogP contribution in [0.1, 0.15) is 37.9 Å². The summed E-state index contributed by atoms with van der Waals surface area (Å²) in [4.78, 5) is 27.6. The summed E-state index contributed by atoms with van der Waals surface area (Å²) in [5.41, 5.74) is 2.53. The second-order valence-corrected chi connectivity index (χ2v) is 5.40. The first kappa shape index (κ1) is 14.5. The van der Waals surface area contributed by atoms with Crippen molar-refractivity contribution in [2.45, 2.75) is 40.0 Å². The summed E-state index contributed by atoms with van der Waals surface area (Å²) < 4.78 is 0. The van der Waals surface area contributed by atoms with Gasteiger partial charge in [-0.2, -0.15) is 0 Å². The molecule has 106 valence electrons. The van der Waals surface area contributed by atoms with E-state index in [1.165, 1.54) is 0 Å². The molecule has 1 aromatic heterocycles. The van der Waals surface area contributed by atoms with Crippen molar-refractivity contribution >= 4 is 16.7 Å². The normalized spacial score (nSPS) is 12.6. The van der Waals surface area contributed by atoms with Gasteiger partial charge in [-0.15, -0.1) is 0 Å². The standard InChI is InChI=1S/C17H21NO2/c1-4-7-13(12(3)19)10-15-11(2)18-16-9-6-5-8-14(16)17(15)20/h5-6,8-9,13H,4,7,10H2,1-3H3,(H,18,20)/t13-/m0/s1. The number of rotatable bonds is 5. The lowest BCUT2D eigenvalue weighted by Crippen LogP contribution is -2.21. The van der Waals surface area contributed by atoms with Crippen molar-refractivity contribution in [3.8, 4) is 0 Å². The van der Waals surface area contributed by atoms with Crippen molar-refractivity contribution in [2.75, 3.05) is 0 Å². The first-order valence-corrected chi connectivity index (χ1v) is 7.15. The molecule has 0 unspecified atom stereocenters. The molecule has 1 aromatic carbocycles. The summed E-state index contributed by atoms with van der Waals surface area (Å²) in [5, 5.41) is 0.701. The van der Waals surface area contributed by atoms with Crippen LogP contribution >= 0.6 is 0 Å². The second-order valence-electron chi connectivity index (χ2n) is 5.40. The maximum atomic E-state index is 12.6. The highest BCUT2D eigenvalue weighted by atomic mass is 16.1. The van der Waals surface area contributed by atoms with Crippen molar-refractivity contribution in [3.05, 3.63) is 45.7 Å². The van der Waals surface area contributed by atoms with E-state index in [9.17, 15) is 9.59 Å². The van der Waals surface area contributed by atoms with Gasteiger partial charge >= 0.3 is 0 Å². The maximum Gasteiger partial charge on any atom is 0.192 e. The molecule has 0 spiro atoms. The lowest BCUT2D eigenvalue weighted by Gasteiger charge is -2.14. The largest absolute Gasteiger partial charge is 0.358 e. The summed E-state index contributed by atoms with van der Waals surface area (Å²) >= 11 is 0. The Kier molecular flexibility index (Phi) is 4.38. The molecule has 1 heterocycles. The number of fused-ring (bicyclic) bond motifs is 1. The molecule has 20 heavy (non-hydrogen) atoms. The highest BCUT2D eigenvalue weighted by Crippen LogP contribution is 2.17. The number of carbonyl (C=O) groups is 1. The van der Waals surface area contributed by atoms with E-state index in [-0.39, 0.29) is 17.1 Å². The van der Waals surface area contributed by atoms with Gasteiger partial charge in [-0.3, -0.25) is 9.59 Å². The van der Waals surface area contributed by atoms with Crippen LogP contribution in [0.3, 0.4) is 0 Å². The number of aryl methyl sites for hydroxylation is 1. The van der Waals surface area contributed by atoms with Crippen molar-refractivity contribution in [1.82, 2.24) is 4.98 Å². The Balaban J connectivity index is 2.49. The van der Waals surface area contributed by atoms with Gasteiger partial charge in [0.1, 0.15) is 5.78 Å². The molecule has 0 amide bonds. The molecule has 1 N–H and O–H groups in total. The van der Waals surface area contributed by atoms with Crippen LogP contribution in [0, 0.1) is 12.8 Å². The summed E-state index contributed by atoms with van der Waals surface area (Å²) in [6.07, 6.45) is 2.32. The van der Waals surface area contributed by atoms with Gasteiger partial charge in [0.05, 0.1) is 0 Å². The molecule has 2 aromatic rings. The lowest BCUT2D eigenvalue weighted by molar-refractivity contribution is -0.120. The minimum atomic E-state index is -0.0547. The third kappa shape index (κ3) is 2.82. The fourth-order valence-corrected chi connectivity index (χ4v) is 2.69. The molecule has 3 heteroatoms. The monoisotopic (exact) mass is 271 g/mol. The highest BCUT2D eigenvalue weighted by molar-refractivity contribution is 5.81. The van der Waals surface area contributed by atoms with E-state index in [4.69, 9.17) is 0 Å². The number of benzene rings is 1.